The highest BCUT2D eigenvalue weighted by Gasteiger charge is 2.32. The predicted octanol–water partition coefficient (Wildman–Crippen LogP) is 3.02. The predicted molar refractivity (Wildman–Crippen MR) is 65.3 cm³/mol. The molecule has 114 valence electrons. The summed E-state index contributed by atoms with van der Waals surface area (Å²) in [5, 5.41) is 10.8. The molecular weight excluding hydrogens is 295 g/mol. The summed E-state index contributed by atoms with van der Waals surface area (Å²) in [6, 6.07) is 2.50. The smallest absolute Gasteiger partial charge is 0.478 e. The molecule has 9 heteroatoms. The van der Waals surface area contributed by atoms with Gasteiger partial charge in [0.15, 0.2) is 5.75 Å². The standard InChI is InChI=1S/C12H10F3NO5/c1-2-5-20-11(19)16-8-6-7(10(17)18)3-4-9(8)21-12(13,14)15/h2-4,6H,1,5H2,(H,16,19)(H,17,18). The van der Waals surface area contributed by atoms with Crippen LogP contribution in [0.25, 0.3) is 0 Å². The molecule has 1 aromatic carbocycles. The summed E-state index contributed by atoms with van der Waals surface area (Å²) in [6.07, 6.45) is -4.82. The molecule has 0 atom stereocenters. The lowest BCUT2D eigenvalue weighted by atomic mass is 10.2. The molecule has 2 N–H and O–H groups in total. The van der Waals surface area contributed by atoms with Crippen molar-refractivity contribution in [3.05, 3.63) is 36.4 Å². The summed E-state index contributed by atoms with van der Waals surface area (Å²) < 4.78 is 44.9. The van der Waals surface area contributed by atoms with E-state index in [4.69, 9.17) is 5.11 Å². The second-order valence-corrected chi connectivity index (χ2v) is 3.58. The molecule has 6 nitrogen and oxygen atoms in total. The fourth-order valence-electron chi connectivity index (χ4n) is 1.26. The average molecular weight is 305 g/mol. The normalized spacial score (nSPS) is 10.6. The minimum absolute atomic E-state index is 0.167. The first kappa shape index (κ1) is 16.3. The molecule has 0 saturated heterocycles. The molecule has 1 aromatic rings. The van der Waals surface area contributed by atoms with Gasteiger partial charge in [-0.2, -0.15) is 0 Å². The van der Waals surface area contributed by atoms with Gasteiger partial charge in [-0.05, 0) is 18.2 Å². The van der Waals surface area contributed by atoms with E-state index in [-0.39, 0.29) is 12.2 Å². The number of amides is 1. The van der Waals surface area contributed by atoms with Gasteiger partial charge in [0, 0.05) is 0 Å². The van der Waals surface area contributed by atoms with E-state index < -0.39 is 29.9 Å². The number of ether oxygens (including phenoxy) is 2. The number of anilines is 1. The van der Waals surface area contributed by atoms with E-state index in [9.17, 15) is 22.8 Å². The number of hydrogen-bond acceptors (Lipinski definition) is 4. The molecule has 0 radical (unpaired) electrons. The summed E-state index contributed by atoms with van der Waals surface area (Å²) in [6.45, 7) is 3.12. The van der Waals surface area contributed by atoms with Crippen LogP contribution in [0.5, 0.6) is 5.75 Å². The van der Waals surface area contributed by atoms with Gasteiger partial charge in [0.2, 0.25) is 0 Å². The fraction of sp³-hybridized carbons (Fsp3) is 0.167. The summed E-state index contributed by atoms with van der Waals surface area (Å²) in [5.74, 6) is -2.14. The summed E-state index contributed by atoms with van der Waals surface area (Å²) in [4.78, 5) is 22.1. The van der Waals surface area contributed by atoms with E-state index in [1.807, 2.05) is 5.32 Å². The second-order valence-electron chi connectivity index (χ2n) is 3.58. The van der Waals surface area contributed by atoms with Crippen LogP contribution in [-0.2, 0) is 4.74 Å². The molecule has 0 spiro atoms. The van der Waals surface area contributed by atoms with Crippen LogP contribution in [0.2, 0.25) is 0 Å². The molecule has 0 unspecified atom stereocenters. The maximum atomic E-state index is 12.2. The zero-order valence-electron chi connectivity index (χ0n) is 10.4. The molecule has 21 heavy (non-hydrogen) atoms. The number of hydrogen-bond donors (Lipinski definition) is 2. The van der Waals surface area contributed by atoms with Gasteiger partial charge in [0.25, 0.3) is 0 Å². The minimum atomic E-state index is -4.99. The molecule has 0 aliphatic heterocycles. The third-order valence-corrected chi connectivity index (χ3v) is 2.02. The van der Waals surface area contributed by atoms with Gasteiger partial charge in [-0.3, -0.25) is 5.32 Å². The number of rotatable bonds is 5. The largest absolute Gasteiger partial charge is 0.573 e. The van der Waals surface area contributed by atoms with E-state index in [1.165, 1.54) is 6.08 Å². The number of aromatic carboxylic acids is 1. The van der Waals surface area contributed by atoms with Crippen LogP contribution in [0.4, 0.5) is 23.7 Å². The lowest BCUT2D eigenvalue weighted by Gasteiger charge is -2.14. The Labute approximate surface area is 116 Å². The molecule has 0 aliphatic rings. The first-order chi connectivity index (χ1) is 9.73. The lowest BCUT2D eigenvalue weighted by Crippen LogP contribution is -2.20. The Bertz CT molecular complexity index is 556. The van der Waals surface area contributed by atoms with Gasteiger partial charge in [-0.25, -0.2) is 9.59 Å². The van der Waals surface area contributed by atoms with Crippen LogP contribution in [-0.4, -0.2) is 30.1 Å². The number of halogens is 3. The van der Waals surface area contributed by atoms with Crippen molar-refractivity contribution in [1.29, 1.82) is 0 Å². The Morgan fingerprint density at radius 3 is 2.57 bits per heavy atom. The Morgan fingerprint density at radius 2 is 2.05 bits per heavy atom. The van der Waals surface area contributed by atoms with Crippen LogP contribution >= 0.6 is 0 Å². The molecular formula is C12H10F3NO5. The van der Waals surface area contributed by atoms with Crippen LogP contribution in [0, 0.1) is 0 Å². The Morgan fingerprint density at radius 1 is 1.38 bits per heavy atom. The molecule has 0 saturated carbocycles. The molecule has 0 heterocycles. The molecule has 0 fully saturated rings. The number of nitrogens with one attached hydrogen (secondary N) is 1. The van der Waals surface area contributed by atoms with E-state index in [2.05, 4.69) is 16.1 Å². The van der Waals surface area contributed by atoms with E-state index in [1.54, 1.807) is 0 Å². The number of carboxylic acid groups (broad SMARTS) is 1. The van der Waals surface area contributed by atoms with Gasteiger partial charge < -0.3 is 14.6 Å². The van der Waals surface area contributed by atoms with E-state index >= 15 is 0 Å². The first-order valence-electron chi connectivity index (χ1n) is 5.40. The van der Waals surface area contributed by atoms with Gasteiger partial charge in [-0.15, -0.1) is 13.2 Å². The lowest BCUT2D eigenvalue weighted by molar-refractivity contribution is -0.274. The van der Waals surface area contributed by atoms with Gasteiger partial charge in [0.05, 0.1) is 11.3 Å². The van der Waals surface area contributed by atoms with Crippen molar-refractivity contribution >= 4 is 17.7 Å². The van der Waals surface area contributed by atoms with Gasteiger partial charge in [0.1, 0.15) is 6.61 Å². The Hall–Kier alpha value is -2.71. The van der Waals surface area contributed by atoms with Crippen molar-refractivity contribution < 1.29 is 37.3 Å². The second kappa shape index (κ2) is 6.64. The SMILES string of the molecule is C=CCOC(=O)Nc1cc(C(=O)O)ccc1OC(F)(F)F. The van der Waals surface area contributed by atoms with Crippen LogP contribution in [0.15, 0.2) is 30.9 Å². The molecule has 1 amide bonds. The first-order valence-corrected chi connectivity index (χ1v) is 5.40. The zero-order chi connectivity index (χ0) is 16.0. The number of benzene rings is 1. The van der Waals surface area contributed by atoms with Crippen molar-refractivity contribution in [2.75, 3.05) is 11.9 Å². The van der Waals surface area contributed by atoms with Crippen molar-refractivity contribution in [1.82, 2.24) is 0 Å². The molecule has 0 aliphatic carbocycles. The number of carboxylic acids is 1. The third kappa shape index (κ3) is 5.43. The van der Waals surface area contributed by atoms with Crippen LogP contribution in [0.3, 0.4) is 0 Å². The van der Waals surface area contributed by atoms with Crippen LogP contribution in [0.1, 0.15) is 10.4 Å². The van der Waals surface area contributed by atoms with Crippen molar-refractivity contribution in [3.8, 4) is 5.75 Å². The quantitative estimate of drug-likeness (QED) is 0.817. The topological polar surface area (TPSA) is 84.9 Å². The Kier molecular flexibility index (Phi) is 5.17. The number of carbonyl (C=O) groups is 2. The highest BCUT2D eigenvalue weighted by Crippen LogP contribution is 2.31. The fourth-order valence-corrected chi connectivity index (χ4v) is 1.26. The maximum Gasteiger partial charge on any atom is 0.573 e. The number of alkyl halides is 3. The van der Waals surface area contributed by atoms with Crippen molar-refractivity contribution in [2.24, 2.45) is 0 Å². The van der Waals surface area contributed by atoms with Crippen molar-refractivity contribution in [3.63, 3.8) is 0 Å². The molecule has 0 aromatic heterocycles. The van der Waals surface area contributed by atoms with Gasteiger partial charge in [-0.1, -0.05) is 12.7 Å². The number of carbonyl (C=O) groups excluding carboxylic acids is 1. The van der Waals surface area contributed by atoms with E-state index in [0.717, 1.165) is 18.2 Å². The maximum absolute atomic E-state index is 12.2. The van der Waals surface area contributed by atoms with Gasteiger partial charge >= 0.3 is 18.4 Å². The molecule has 0 bridgehead atoms. The molecule has 1 rings (SSSR count). The van der Waals surface area contributed by atoms with Crippen LogP contribution < -0.4 is 10.1 Å². The summed E-state index contributed by atoms with van der Waals surface area (Å²) >= 11 is 0. The Balaban J connectivity index is 3.04. The monoisotopic (exact) mass is 305 g/mol. The highest BCUT2D eigenvalue weighted by atomic mass is 19.4. The third-order valence-electron chi connectivity index (χ3n) is 2.02. The zero-order valence-corrected chi connectivity index (χ0v) is 10.4. The minimum Gasteiger partial charge on any atom is -0.478 e. The summed E-state index contributed by atoms with van der Waals surface area (Å²) in [7, 11) is 0. The highest BCUT2D eigenvalue weighted by molar-refractivity contribution is 5.93. The van der Waals surface area contributed by atoms with E-state index in [0.29, 0.717) is 0 Å². The average Bonchev–Trinajstić information content (AvgIpc) is 2.36. The summed E-state index contributed by atoms with van der Waals surface area (Å²) in [5.41, 5.74) is -0.815. The van der Waals surface area contributed by atoms with Crippen molar-refractivity contribution in [2.45, 2.75) is 6.36 Å².